The smallest absolute Gasteiger partial charge is 0.257 e. The zero-order valence-corrected chi connectivity index (χ0v) is 10.8. The van der Waals surface area contributed by atoms with Gasteiger partial charge in [-0.3, -0.25) is 4.79 Å². The van der Waals surface area contributed by atoms with Crippen LogP contribution in [0.4, 0.5) is 0 Å². The number of hydrogen-bond donors (Lipinski definition) is 0. The van der Waals surface area contributed by atoms with Crippen molar-refractivity contribution >= 4 is 5.91 Å². The van der Waals surface area contributed by atoms with Gasteiger partial charge in [0.15, 0.2) is 0 Å². The molecule has 4 nitrogen and oxygen atoms in total. The van der Waals surface area contributed by atoms with E-state index < -0.39 is 0 Å². The van der Waals surface area contributed by atoms with Gasteiger partial charge in [-0.15, -0.1) is 0 Å². The predicted molar refractivity (Wildman–Crippen MR) is 71.7 cm³/mol. The van der Waals surface area contributed by atoms with E-state index in [4.69, 9.17) is 0 Å². The number of carbonyl (C=O) groups is 1. The van der Waals surface area contributed by atoms with Crippen molar-refractivity contribution in [2.45, 2.75) is 19.9 Å². The third-order valence-corrected chi connectivity index (χ3v) is 3.45. The van der Waals surface area contributed by atoms with Crippen LogP contribution in [0.5, 0.6) is 0 Å². The van der Waals surface area contributed by atoms with Gasteiger partial charge in [-0.05, 0) is 24.5 Å². The highest BCUT2D eigenvalue weighted by atomic mass is 16.2. The lowest BCUT2D eigenvalue weighted by Gasteiger charge is -2.28. The van der Waals surface area contributed by atoms with Gasteiger partial charge in [0.1, 0.15) is 5.82 Å². The van der Waals surface area contributed by atoms with Crippen LogP contribution < -0.4 is 0 Å². The molecule has 0 saturated carbocycles. The number of aryl methyl sites for hydroxylation is 1. The number of rotatable bonds is 1. The second kappa shape index (κ2) is 4.80. The van der Waals surface area contributed by atoms with Crippen LogP contribution in [0.1, 0.15) is 27.3 Å². The summed E-state index contributed by atoms with van der Waals surface area (Å²) in [7, 11) is 0. The summed E-state index contributed by atoms with van der Waals surface area (Å²) >= 11 is 0. The monoisotopic (exact) mass is 253 g/mol. The molecule has 1 aliphatic rings. The van der Waals surface area contributed by atoms with Gasteiger partial charge in [0.2, 0.25) is 0 Å². The number of amides is 1. The van der Waals surface area contributed by atoms with E-state index in [1.807, 2.05) is 24.0 Å². The number of fused-ring (bicyclic) bond motifs is 1. The highest BCUT2D eigenvalue weighted by molar-refractivity contribution is 5.93. The highest BCUT2D eigenvalue weighted by Gasteiger charge is 2.21. The second-order valence-electron chi connectivity index (χ2n) is 4.76. The summed E-state index contributed by atoms with van der Waals surface area (Å²) in [5.74, 6) is 0.690. The topological polar surface area (TPSA) is 46.1 Å². The molecule has 1 amide bonds. The van der Waals surface area contributed by atoms with Crippen molar-refractivity contribution in [1.82, 2.24) is 14.9 Å². The lowest BCUT2D eigenvalue weighted by Crippen LogP contribution is -2.36. The fourth-order valence-corrected chi connectivity index (χ4v) is 2.35. The van der Waals surface area contributed by atoms with Crippen LogP contribution in [-0.4, -0.2) is 27.3 Å². The molecule has 0 spiro atoms. The van der Waals surface area contributed by atoms with Crippen LogP contribution in [0.25, 0.3) is 0 Å². The van der Waals surface area contributed by atoms with E-state index in [0.29, 0.717) is 17.9 Å². The molecule has 2 aromatic rings. The molecule has 96 valence electrons. The molecule has 0 radical (unpaired) electrons. The zero-order chi connectivity index (χ0) is 13.2. The largest absolute Gasteiger partial charge is 0.334 e. The summed E-state index contributed by atoms with van der Waals surface area (Å²) in [6.07, 6.45) is 4.12. The summed E-state index contributed by atoms with van der Waals surface area (Å²) in [5, 5.41) is 0. The predicted octanol–water partition coefficient (Wildman–Crippen LogP) is 1.98. The van der Waals surface area contributed by atoms with Crippen LogP contribution in [0.3, 0.4) is 0 Å². The number of nitrogens with zero attached hydrogens (tertiary/aromatic N) is 3. The number of aromatic nitrogens is 2. The average molecular weight is 253 g/mol. The van der Waals surface area contributed by atoms with Crippen molar-refractivity contribution in [2.75, 3.05) is 6.54 Å². The first-order valence-electron chi connectivity index (χ1n) is 6.39. The fraction of sp³-hybridized carbons (Fsp3) is 0.267. The van der Waals surface area contributed by atoms with Crippen LogP contribution >= 0.6 is 0 Å². The Labute approximate surface area is 112 Å². The van der Waals surface area contributed by atoms with E-state index in [-0.39, 0.29) is 5.91 Å². The molecule has 2 heterocycles. The Morgan fingerprint density at radius 2 is 1.84 bits per heavy atom. The molecule has 0 saturated heterocycles. The van der Waals surface area contributed by atoms with Crippen molar-refractivity contribution < 1.29 is 4.79 Å². The van der Waals surface area contributed by atoms with Gasteiger partial charge in [0.25, 0.3) is 5.91 Å². The average Bonchev–Trinajstić information content (AvgIpc) is 2.47. The molecular weight excluding hydrogens is 238 g/mol. The van der Waals surface area contributed by atoms with Gasteiger partial charge in [0.05, 0.1) is 5.56 Å². The van der Waals surface area contributed by atoms with Crippen LogP contribution in [0, 0.1) is 6.92 Å². The normalized spacial score (nSPS) is 14.1. The minimum absolute atomic E-state index is 0.00880. The van der Waals surface area contributed by atoms with Gasteiger partial charge in [-0.1, -0.05) is 24.3 Å². The molecule has 3 rings (SSSR count). The van der Waals surface area contributed by atoms with E-state index in [1.54, 1.807) is 12.4 Å². The van der Waals surface area contributed by atoms with Crippen LogP contribution in [0.15, 0.2) is 36.7 Å². The second-order valence-corrected chi connectivity index (χ2v) is 4.76. The van der Waals surface area contributed by atoms with Crippen LogP contribution in [0.2, 0.25) is 0 Å². The maximum Gasteiger partial charge on any atom is 0.257 e. The summed E-state index contributed by atoms with van der Waals surface area (Å²) in [6, 6.07) is 8.28. The van der Waals surface area contributed by atoms with Crippen molar-refractivity contribution in [1.29, 1.82) is 0 Å². The van der Waals surface area contributed by atoms with Crippen LogP contribution in [-0.2, 0) is 13.0 Å². The third-order valence-electron chi connectivity index (χ3n) is 3.45. The van der Waals surface area contributed by atoms with Crippen molar-refractivity contribution in [2.24, 2.45) is 0 Å². The molecule has 1 aliphatic heterocycles. The van der Waals surface area contributed by atoms with Gasteiger partial charge in [-0.25, -0.2) is 9.97 Å². The zero-order valence-electron chi connectivity index (χ0n) is 10.8. The molecule has 0 bridgehead atoms. The minimum atomic E-state index is 0.00880. The van der Waals surface area contributed by atoms with Gasteiger partial charge in [-0.2, -0.15) is 0 Å². The molecule has 0 N–H and O–H groups in total. The maximum atomic E-state index is 12.4. The Hall–Kier alpha value is -2.23. The molecule has 1 aromatic heterocycles. The SMILES string of the molecule is Cc1ncc(C(=O)N2CCc3ccccc3C2)cn1. The van der Waals surface area contributed by atoms with Crippen molar-refractivity contribution in [3.8, 4) is 0 Å². The Balaban J connectivity index is 1.81. The summed E-state index contributed by atoms with van der Waals surface area (Å²) in [4.78, 5) is 22.4. The van der Waals surface area contributed by atoms with Gasteiger partial charge in [0, 0.05) is 25.5 Å². The lowest BCUT2D eigenvalue weighted by atomic mass is 9.99. The van der Waals surface area contributed by atoms with E-state index >= 15 is 0 Å². The molecule has 0 aliphatic carbocycles. The Morgan fingerprint density at radius 3 is 2.58 bits per heavy atom. The Bertz CT molecular complexity index is 607. The standard InChI is InChI=1S/C15H15N3O/c1-11-16-8-14(9-17-11)15(19)18-7-6-12-4-2-3-5-13(12)10-18/h2-5,8-9H,6-7,10H2,1H3. The molecule has 4 heteroatoms. The first-order chi connectivity index (χ1) is 9.24. The van der Waals surface area contributed by atoms with Gasteiger partial charge >= 0.3 is 0 Å². The lowest BCUT2D eigenvalue weighted by molar-refractivity contribution is 0.0734. The molecule has 0 fully saturated rings. The van der Waals surface area contributed by atoms with E-state index in [0.717, 1.165) is 13.0 Å². The third kappa shape index (κ3) is 2.34. The molecule has 1 aromatic carbocycles. The number of carbonyl (C=O) groups excluding carboxylic acids is 1. The highest BCUT2D eigenvalue weighted by Crippen LogP contribution is 2.19. The van der Waals surface area contributed by atoms with E-state index in [9.17, 15) is 4.79 Å². The molecule has 19 heavy (non-hydrogen) atoms. The van der Waals surface area contributed by atoms with E-state index in [2.05, 4.69) is 22.1 Å². The summed E-state index contributed by atoms with van der Waals surface area (Å²) in [5.41, 5.74) is 3.13. The minimum Gasteiger partial charge on any atom is -0.334 e. The quantitative estimate of drug-likeness (QED) is 0.780. The Kier molecular flexibility index (Phi) is 2.99. The molecule has 0 unspecified atom stereocenters. The van der Waals surface area contributed by atoms with Crippen molar-refractivity contribution in [3.63, 3.8) is 0 Å². The first-order valence-corrected chi connectivity index (χ1v) is 6.39. The van der Waals surface area contributed by atoms with Crippen molar-refractivity contribution in [3.05, 3.63) is 59.2 Å². The first kappa shape index (κ1) is 11.8. The summed E-state index contributed by atoms with van der Waals surface area (Å²) < 4.78 is 0. The number of benzene rings is 1. The maximum absolute atomic E-state index is 12.4. The summed E-state index contributed by atoms with van der Waals surface area (Å²) in [6.45, 7) is 3.23. The number of hydrogen-bond acceptors (Lipinski definition) is 3. The van der Waals surface area contributed by atoms with Gasteiger partial charge < -0.3 is 4.90 Å². The van der Waals surface area contributed by atoms with E-state index in [1.165, 1.54) is 11.1 Å². The fourth-order valence-electron chi connectivity index (χ4n) is 2.35. The molecule has 0 atom stereocenters. The molecular formula is C15H15N3O. The Morgan fingerprint density at radius 1 is 1.16 bits per heavy atom.